The van der Waals surface area contributed by atoms with Crippen molar-refractivity contribution in [1.29, 1.82) is 0 Å². The summed E-state index contributed by atoms with van der Waals surface area (Å²) in [6.45, 7) is 2.86. The molecule has 0 aromatic carbocycles. The molecular formula is C11H11ClN4O. The van der Waals surface area contributed by atoms with E-state index in [1.165, 1.54) is 0 Å². The van der Waals surface area contributed by atoms with Crippen LogP contribution in [0.1, 0.15) is 12.7 Å². The first-order chi connectivity index (χ1) is 8.29. The number of aromatic nitrogens is 4. The van der Waals surface area contributed by atoms with Crippen molar-refractivity contribution in [3.63, 3.8) is 0 Å². The Hall–Kier alpha value is -1.59. The second-order valence-electron chi connectivity index (χ2n) is 3.22. The van der Waals surface area contributed by atoms with Crippen molar-refractivity contribution in [3.05, 3.63) is 35.6 Å². The summed E-state index contributed by atoms with van der Waals surface area (Å²) in [5, 5.41) is 0.371. The van der Waals surface area contributed by atoms with Crippen molar-refractivity contribution in [2.75, 3.05) is 6.61 Å². The van der Waals surface area contributed by atoms with Crippen molar-refractivity contribution in [2.45, 2.75) is 13.5 Å². The van der Waals surface area contributed by atoms with Crippen LogP contribution in [0, 0.1) is 0 Å². The highest BCUT2D eigenvalue weighted by Crippen LogP contribution is 2.17. The lowest BCUT2D eigenvalue weighted by Crippen LogP contribution is -2.01. The third-order valence-corrected chi connectivity index (χ3v) is 2.20. The number of halogens is 1. The molecule has 2 rings (SSSR count). The van der Waals surface area contributed by atoms with Gasteiger partial charge >= 0.3 is 0 Å². The maximum absolute atomic E-state index is 5.92. The Kier molecular flexibility index (Phi) is 3.95. The molecule has 0 aliphatic heterocycles. The average molecular weight is 251 g/mol. The molecule has 5 nitrogen and oxygen atoms in total. The van der Waals surface area contributed by atoms with E-state index in [9.17, 15) is 0 Å². The van der Waals surface area contributed by atoms with E-state index in [1.54, 1.807) is 24.7 Å². The second kappa shape index (κ2) is 5.65. The highest BCUT2D eigenvalue weighted by molar-refractivity contribution is 6.29. The van der Waals surface area contributed by atoms with Gasteiger partial charge in [-0.25, -0.2) is 9.97 Å². The van der Waals surface area contributed by atoms with Gasteiger partial charge in [-0.3, -0.25) is 9.97 Å². The highest BCUT2D eigenvalue weighted by Gasteiger charge is 2.06. The molecule has 0 saturated carbocycles. The lowest BCUT2D eigenvalue weighted by molar-refractivity contribution is 0.128. The minimum atomic E-state index is 0.338. The zero-order valence-corrected chi connectivity index (χ0v) is 10.1. The van der Waals surface area contributed by atoms with Gasteiger partial charge < -0.3 is 4.74 Å². The Labute approximate surface area is 104 Å². The molecule has 6 heteroatoms. The summed E-state index contributed by atoms with van der Waals surface area (Å²) in [6, 6.07) is 1.65. The molecule has 0 atom stereocenters. The molecule has 17 heavy (non-hydrogen) atoms. The van der Waals surface area contributed by atoms with Gasteiger partial charge in [0.05, 0.1) is 11.9 Å². The minimum Gasteiger partial charge on any atom is -0.374 e. The standard InChI is InChI=1S/C11H11ClN4O/c1-2-17-7-11-15-8(5-10(12)16-11)9-6-13-3-4-14-9/h3-6H,2,7H2,1H3. The fraction of sp³-hybridized carbons (Fsp3) is 0.273. The van der Waals surface area contributed by atoms with Crippen molar-refractivity contribution >= 4 is 11.6 Å². The Morgan fingerprint density at radius 1 is 1.24 bits per heavy atom. The fourth-order valence-electron chi connectivity index (χ4n) is 1.29. The number of hydrogen-bond donors (Lipinski definition) is 0. The van der Waals surface area contributed by atoms with Crippen molar-refractivity contribution in [3.8, 4) is 11.4 Å². The minimum absolute atomic E-state index is 0.338. The van der Waals surface area contributed by atoms with E-state index in [1.807, 2.05) is 6.92 Å². The van der Waals surface area contributed by atoms with E-state index in [-0.39, 0.29) is 0 Å². The van der Waals surface area contributed by atoms with Gasteiger partial charge in [-0.2, -0.15) is 0 Å². The Bertz CT molecular complexity index is 492. The van der Waals surface area contributed by atoms with Crippen LogP contribution in [-0.4, -0.2) is 26.5 Å². The summed E-state index contributed by atoms with van der Waals surface area (Å²) in [6.07, 6.45) is 4.84. The molecule has 0 saturated heterocycles. The van der Waals surface area contributed by atoms with Crippen molar-refractivity contribution in [1.82, 2.24) is 19.9 Å². The first-order valence-corrected chi connectivity index (χ1v) is 5.55. The van der Waals surface area contributed by atoms with Crippen LogP contribution in [0.5, 0.6) is 0 Å². The van der Waals surface area contributed by atoms with Crippen LogP contribution in [0.3, 0.4) is 0 Å². The van der Waals surface area contributed by atoms with Crippen LogP contribution in [0.25, 0.3) is 11.4 Å². The summed E-state index contributed by atoms with van der Waals surface area (Å²) >= 11 is 5.92. The molecule has 0 N–H and O–H groups in total. The van der Waals surface area contributed by atoms with Crippen molar-refractivity contribution < 1.29 is 4.74 Å². The van der Waals surface area contributed by atoms with Gasteiger partial charge in [0, 0.05) is 25.1 Å². The summed E-state index contributed by atoms with van der Waals surface area (Å²) in [7, 11) is 0. The van der Waals surface area contributed by atoms with E-state index < -0.39 is 0 Å². The summed E-state index contributed by atoms with van der Waals surface area (Å²) in [5.74, 6) is 0.542. The molecule has 2 aromatic rings. The van der Waals surface area contributed by atoms with Gasteiger partial charge in [-0.05, 0) is 6.92 Å². The molecule has 0 amide bonds. The molecule has 0 aliphatic rings. The Morgan fingerprint density at radius 3 is 2.82 bits per heavy atom. The third kappa shape index (κ3) is 3.18. The maximum Gasteiger partial charge on any atom is 0.156 e. The molecule has 0 radical (unpaired) electrons. The molecule has 0 aliphatic carbocycles. The first-order valence-electron chi connectivity index (χ1n) is 5.17. The molecule has 2 heterocycles. The van der Waals surface area contributed by atoms with E-state index in [0.717, 1.165) is 0 Å². The SMILES string of the molecule is CCOCc1nc(Cl)cc(-c2cnccn2)n1. The third-order valence-electron chi connectivity index (χ3n) is 2.00. The molecule has 0 fully saturated rings. The van der Waals surface area contributed by atoms with Gasteiger partial charge in [0.2, 0.25) is 0 Å². The van der Waals surface area contributed by atoms with Crippen LogP contribution in [0.2, 0.25) is 5.15 Å². The van der Waals surface area contributed by atoms with E-state index in [4.69, 9.17) is 16.3 Å². The predicted octanol–water partition coefficient (Wildman–Crippen LogP) is 2.12. The second-order valence-corrected chi connectivity index (χ2v) is 3.61. The molecule has 0 spiro atoms. The van der Waals surface area contributed by atoms with E-state index >= 15 is 0 Å². The Morgan fingerprint density at radius 2 is 2.12 bits per heavy atom. The van der Waals surface area contributed by atoms with Crippen molar-refractivity contribution in [2.24, 2.45) is 0 Å². The first kappa shape index (κ1) is 11.9. The monoisotopic (exact) mass is 250 g/mol. The summed E-state index contributed by atoms with van der Waals surface area (Å²) < 4.78 is 5.25. The number of ether oxygens (including phenoxy) is 1. The normalized spacial score (nSPS) is 10.5. The summed E-state index contributed by atoms with van der Waals surface area (Å²) in [5.41, 5.74) is 1.31. The lowest BCUT2D eigenvalue weighted by Gasteiger charge is -2.04. The van der Waals surface area contributed by atoms with E-state index in [0.29, 0.717) is 35.6 Å². The smallest absolute Gasteiger partial charge is 0.156 e. The van der Waals surface area contributed by atoms with Crippen LogP contribution in [-0.2, 0) is 11.3 Å². The van der Waals surface area contributed by atoms with Gasteiger partial charge in [0.25, 0.3) is 0 Å². The lowest BCUT2D eigenvalue weighted by atomic mass is 10.3. The van der Waals surface area contributed by atoms with Gasteiger partial charge in [0.15, 0.2) is 5.82 Å². The zero-order chi connectivity index (χ0) is 12.1. The van der Waals surface area contributed by atoms with Crippen LogP contribution in [0.15, 0.2) is 24.7 Å². The largest absolute Gasteiger partial charge is 0.374 e. The summed E-state index contributed by atoms with van der Waals surface area (Å²) in [4.78, 5) is 16.5. The molecule has 0 bridgehead atoms. The number of nitrogens with zero attached hydrogens (tertiary/aromatic N) is 4. The number of hydrogen-bond acceptors (Lipinski definition) is 5. The topological polar surface area (TPSA) is 60.8 Å². The quantitative estimate of drug-likeness (QED) is 0.778. The van der Waals surface area contributed by atoms with Gasteiger partial charge in [0.1, 0.15) is 17.5 Å². The Balaban J connectivity index is 2.32. The zero-order valence-electron chi connectivity index (χ0n) is 9.30. The number of rotatable bonds is 4. The van der Waals surface area contributed by atoms with E-state index in [2.05, 4.69) is 19.9 Å². The molecule has 2 aromatic heterocycles. The highest BCUT2D eigenvalue weighted by atomic mass is 35.5. The van der Waals surface area contributed by atoms with Crippen LogP contribution < -0.4 is 0 Å². The fourth-order valence-corrected chi connectivity index (χ4v) is 1.49. The molecule has 0 unspecified atom stereocenters. The van der Waals surface area contributed by atoms with Gasteiger partial charge in [-0.1, -0.05) is 11.6 Å². The predicted molar refractivity (Wildman–Crippen MR) is 63.4 cm³/mol. The van der Waals surface area contributed by atoms with Crippen LogP contribution >= 0.6 is 11.6 Å². The average Bonchev–Trinajstić information content (AvgIpc) is 2.37. The molecular weight excluding hydrogens is 240 g/mol. The molecule has 88 valence electrons. The van der Waals surface area contributed by atoms with Gasteiger partial charge in [-0.15, -0.1) is 0 Å². The maximum atomic E-state index is 5.92. The van der Waals surface area contributed by atoms with Crippen LogP contribution in [0.4, 0.5) is 0 Å².